The van der Waals surface area contributed by atoms with Crippen molar-refractivity contribution < 1.29 is 32.7 Å². The number of imide groups is 1. The van der Waals surface area contributed by atoms with Gasteiger partial charge in [-0.2, -0.15) is 0 Å². The maximum Gasteiger partial charge on any atom is 0.338 e. The van der Waals surface area contributed by atoms with Crippen LogP contribution in [-0.2, 0) is 16.1 Å². The van der Waals surface area contributed by atoms with Gasteiger partial charge in [0.2, 0.25) is 0 Å². The minimum Gasteiger partial charge on any atom is -0.452 e. The second-order valence-electron chi connectivity index (χ2n) is 7.16. The number of halogens is 2. The standard InChI is InChI=1S/C24H16F2N2O5/c25-16-4-1-14(2-5-16)12-27-21(29)13-33-24(32)15-3-10-19-20(11-15)23(31)28(22(19)30)18-8-6-17(26)7-9-18/h1-11H,12-13H2,(H,27,29). The number of carbonyl (C=O) groups is 4. The number of amides is 3. The Kier molecular flexibility index (Phi) is 5.95. The van der Waals surface area contributed by atoms with Crippen molar-refractivity contribution >= 4 is 29.4 Å². The Morgan fingerprint density at radius 1 is 0.818 bits per heavy atom. The highest BCUT2D eigenvalue weighted by Crippen LogP contribution is 2.29. The number of hydrogen-bond acceptors (Lipinski definition) is 5. The van der Waals surface area contributed by atoms with Crippen LogP contribution in [0, 0.1) is 11.6 Å². The first-order chi connectivity index (χ1) is 15.8. The Morgan fingerprint density at radius 3 is 2.09 bits per heavy atom. The highest BCUT2D eigenvalue weighted by Gasteiger charge is 2.37. The van der Waals surface area contributed by atoms with Crippen LogP contribution in [0.15, 0.2) is 66.7 Å². The SMILES string of the molecule is O=C(COC(=O)c1ccc2c(c1)C(=O)N(c1ccc(F)cc1)C2=O)NCc1ccc(F)cc1. The molecule has 1 heterocycles. The lowest BCUT2D eigenvalue weighted by atomic mass is 10.1. The molecular formula is C24H16F2N2O5. The van der Waals surface area contributed by atoms with Crippen LogP contribution in [0.5, 0.6) is 0 Å². The first-order valence-electron chi connectivity index (χ1n) is 9.80. The smallest absolute Gasteiger partial charge is 0.338 e. The lowest BCUT2D eigenvalue weighted by Crippen LogP contribution is -2.29. The zero-order valence-corrected chi connectivity index (χ0v) is 17.0. The van der Waals surface area contributed by atoms with Crippen molar-refractivity contribution in [2.24, 2.45) is 0 Å². The molecule has 0 radical (unpaired) electrons. The average molecular weight is 450 g/mol. The summed E-state index contributed by atoms with van der Waals surface area (Å²) in [5.74, 6) is -3.58. The fourth-order valence-electron chi connectivity index (χ4n) is 3.26. The van der Waals surface area contributed by atoms with Gasteiger partial charge in [-0.25, -0.2) is 18.5 Å². The van der Waals surface area contributed by atoms with Gasteiger partial charge in [-0.05, 0) is 60.2 Å². The monoisotopic (exact) mass is 450 g/mol. The van der Waals surface area contributed by atoms with E-state index in [-0.39, 0.29) is 28.9 Å². The quantitative estimate of drug-likeness (QED) is 0.460. The molecule has 0 aliphatic carbocycles. The molecule has 33 heavy (non-hydrogen) atoms. The first-order valence-corrected chi connectivity index (χ1v) is 9.80. The van der Waals surface area contributed by atoms with Crippen LogP contribution in [0.3, 0.4) is 0 Å². The molecule has 0 bridgehead atoms. The highest BCUT2D eigenvalue weighted by molar-refractivity contribution is 6.34. The normalized spacial score (nSPS) is 12.5. The van der Waals surface area contributed by atoms with Gasteiger partial charge < -0.3 is 10.1 Å². The third kappa shape index (κ3) is 4.62. The molecule has 0 saturated heterocycles. The Morgan fingerprint density at radius 2 is 1.42 bits per heavy atom. The van der Waals surface area contributed by atoms with E-state index in [0.29, 0.717) is 5.56 Å². The van der Waals surface area contributed by atoms with Crippen LogP contribution < -0.4 is 10.2 Å². The van der Waals surface area contributed by atoms with Crippen LogP contribution in [0.1, 0.15) is 36.6 Å². The van der Waals surface area contributed by atoms with Gasteiger partial charge in [-0.1, -0.05) is 12.1 Å². The Balaban J connectivity index is 1.39. The largest absolute Gasteiger partial charge is 0.452 e. The minimum absolute atomic E-state index is 0.000429. The van der Waals surface area contributed by atoms with E-state index < -0.39 is 41.9 Å². The molecule has 1 aliphatic heterocycles. The van der Waals surface area contributed by atoms with Gasteiger partial charge in [-0.3, -0.25) is 14.4 Å². The third-order valence-electron chi connectivity index (χ3n) is 4.94. The number of nitrogens with one attached hydrogen (secondary N) is 1. The van der Waals surface area contributed by atoms with Crippen molar-refractivity contribution in [2.75, 3.05) is 11.5 Å². The van der Waals surface area contributed by atoms with Gasteiger partial charge in [0, 0.05) is 6.54 Å². The number of fused-ring (bicyclic) bond motifs is 1. The number of benzene rings is 3. The Bertz CT molecular complexity index is 1260. The van der Waals surface area contributed by atoms with E-state index in [1.807, 2.05) is 0 Å². The first kappa shape index (κ1) is 21.8. The minimum atomic E-state index is -0.852. The Labute approximate surface area is 186 Å². The van der Waals surface area contributed by atoms with Crippen LogP contribution in [-0.4, -0.2) is 30.3 Å². The second kappa shape index (κ2) is 8.99. The topological polar surface area (TPSA) is 92.8 Å². The number of esters is 1. The molecule has 0 aromatic heterocycles. The molecule has 0 spiro atoms. The molecular weight excluding hydrogens is 434 g/mol. The number of carbonyl (C=O) groups excluding carboxylic acids is 4. The highest BCUT2D eigenvalue weighted by atomic mass is 19.1. The number of ether oxygens (including phenoxy) is 1. The predicted octanol–water partition coefficient (Wildman–Crippen LogP) is 3.24. The maximum atomic E-state index is 13.2. The van der Waals surface area contributed by atoms with Gasteiger partial charge in [-0.15, -0.1) is 0 Å². The second-order valence-corrected chi connectivity index (χ2v) is 7.16. The summed E-state index contributed by atoms with van der Waals surface area (Å²) < 4.78 is 31.1. The molecule has 4 rings (SSSR count). The molecule has 0 unspecified atom stereocenters. The zero-order valence-electron chi connectivity index (χ0n) is 17.0. The van der Waals surface area contributed by atoms with Crippen molar-refractivity contribution in [1.82, 2.24) is 5.32 Å². The number of hydrogen-bond donors (Lipinski definition) is 1. The molecule has 3 aromatic carbocycles. The van der Waals surface area contributed by atoms with Gasteiger partial charge in [0.15, 0.2) is 6.61 Å². The van der Waals surface area contributed by atoms with E-state index in [4.69, 9.17) is 4.74 Å². The van der Waals surface area contributed by atoms with Crippen molar-refractivity contribution in [3.05, 3.63) is 101 Å². The van der Waals surface area contributed by atoms with Gasteiger partial charge >= 0.3 is 5.97 Å². The van der Waals surface area contributed by atoms with E-state index >= 15 is 0 Å². The summed E-state index contributed by atoms with van der Waals surface area (Å²) in [5.41, 5.74) is 0.952. The van der Waals surface area contributed by atoms with Crippen LogP contribution in [0.2, 0.25) is 0 Å². The molecule has 0 atom stereocenters. The molecule has 0 fully saturated rings. The molecule has 9 heteroatoms. The van der Waals surface area contributed by atoms with E-state index in [2.05, 4.69) is 5.32 Å². The van der Waals surface area contributed by atoms with Crippen LogP contribution in [0.25, 0.3) is 0 Å². The van der Waals surface area contributed by atoms with E-state index in [0.717, 1.165) is 17.0 Å². The molecule has 0 saturated carbocycles. The van der Waals surface area contributed by atoms with Crippen LogP contribution >= 0.6 is 0 Å². The summed E-state index contributed by atoms with van der Waals surface area (Å²) in [4.78, 5) is 50.5. The summed E-state index contributed by atoms with van der Waals surface area (Å²) in [7, 11) is 0. The number of anilines is 1. The van der Waals surface area contributed by atoms with E-state index in [1.54, 1.807) is 0 Å². The van der Waals surface area contributed by atoms with Crippen molar-refractivity contribution in [3.63, 3.8) is 0 Å². The molecule has 1 aliphatic rings. The van der Waals surface area contributed by atoms with Crippen molar-refractivity contribution in [2.45, 2.75) is 6.54 Å². The van der Waals surface area contributed by atoms with Crippen molar-refractivity contribution in [3.8, 4) is 0 Å². The van der Waals surface area contributed by atoms with E-state index in [9.17, 15) is 28.0 Å². The van der Waals surface area contributed by atoms with Crippen LogP contribution in [0.4, 0.5) is 14.5 Å². The molecule has 3 amide bonds. The number of nitrogens with zero attached hydrogens (tertiary/aromatic N) is 1. The Hall–Kier alpha value is -4.40. The van der Waals surface area contributed by atoms with Gasteiger partial charge in [0.25, 0.3) is 17.7 Å². The van der Waals surface area contributed by atoms with Crippen molar-refractivity contribution in [1.29, 1.82) is 0 Å². The third-order valence-corrected chi connectivity index (χ3v) is 4.94. The summed E-state index contributed by atoms with van der Waals surface area (Å²) in [6.07, 6.45) is 0. The fourth-order valence-corrected chi connectivity index (χ4v) is 3.26. The molecule has 1 N–H and O–H groups in total. The maximum absolute atomic E-state index is 13.2. The van der Waals surface area contributed by atoms with Gasteiger partial charge in [0.05, 0.1) is 22.4 Å². The summed E-state index contributed by atoms with van der Waals surface area (Å²) in [6.45, 7) is -0.433. The lowest BCUT2D eigenvalue weighted by molar-refractivity contribution is -0.124. The number of rotatable bonds is 6. The summed E-state index contributed by atoms with van der Waals surface area (Å²) in [6, 6.07) is 14.3. The molecule has 3 aromatic rings. The summed E-state index contributed by atoms with van der Waals surface area (Å²) in [5, 5.41) is 2.54. The predicted molar refractivity (Wildman–Crippen MR) is 113 cm³/mol. The fraction of sp³-hybridized carbons (Fsp3) is 0.0833. The summed E-state index contributed by atoms with van der Waals surface area (Å²) >= 11 is 0. The average Bonchev–Trinajstić information content (AvgIpc) is 3.07. The molecule has 7 nitrogen and oxygen atoms in total. The van der Waals surface area contributed by atoms with E-state index in [1.165, 1.54) is 54.6 Å². The molecule has 166 valence electrons. The lowest BCUT2D eigenvalue weighted by Gasteiger charge is -2.13. The van der Waals surface area contributed by atoms with Gasteiger partial charge in [0.1, 0.15) is 11.6 Å². The zero-order chi connectivity index (χ0) is 23.5.